The van der Waals surface area contributed by atoms with Crippen molar-refractivity contribution in [3.8, 4) is 0 Å². The molecule has 104 valence electrons. The van der Waals surface area contributed by atoms with Crippen LogP contribution in [0.2, 0.25) is 0 Å². The van der Waals surface area contributed by atoms with E-state index < -0.39 is 5.82 Å². The van der Waals surface area contributed by atoms with Crippen LogP contribution in [0.5, 0.6) is 0 Å². The van der Waals surface area contributed by atoms with Crippen molar-refractivity contribution in [1.29, 1.82) is 0 Å². The Morgan fingerprint density at radius 1 is 1.10 bits per heavy atom. The highest BCUT2D eigenvalue weighted by molar-refractivity contribution is 6.01. The predicted molar refractivity (Wildman–Crippen MR) is 80.3 cm³/mol. The zero-order valence-electron chi connectivity index (χ0n) is 12.0. The van der Waals surface area contributed by atoms with E-state index in [1.165, 1.54) is 13.0 Å². The summed E-state index contributed by atoms with van der Waals surface area (Å²) in [5.74, 6) is -0.729. The summed E-state index contributed by atoms with van der Waals surface area (Å²) in [7, 11) is 0. The number of anilines is 2. The second-order valence-electron chi connectivity index (χ2n) is 4.72. The highest BCUT2D eigenvalue weighted by atomic mass is 19.1. The van der Waals surface area contributed by atoms with Gasteiger partial charge >= 0.3 is 0 Å². The number of benzene rings is 2. The largest absolute Gasteiger partial charge is 0.341 e. The van der Waals surface area contributed by atoms with Crippen molar-refractivity contribution >= 4 is 17.2 Å². The molecule has 0 saturated heterocycles. The number of hydrogen-bond acceptors (Lipinski definition) is 2. The Hall–Kier alpha value is -2.16. The summed E-state index contributed by atoms with van der Waals surface area (Å²) >= 11 is 0. The molecule has 0 spiro atoms. The number of hydrogen-bond donors (Lipinski definition) is 0. The Morgan fingerprint density at radius 3 is 2.35 bits per heavy atom. The molecule has 0 N–H and O–H groups in total. The van der Waals surface area contributed by atoms with Crippen LogP contribution in [-0.2, 0) is 0 Å². The smallest absolute Gasteiger partial charge is 0.164 e. The normalized spacial score (nSPS) is 10.4. The fraction of sp³-hybridized carbons (Fsp3) is 0.235. The zero-order chi connectivity index (χ0) is 14.7. The van der Waals surface area contributed by atoms with E-state index in [9.17, 15) is 9.18 Å². The molecule has 20 heavy (non-hydrogen) atoms. The fourth-order valence-corrected chi connectivity index (χ4v) is 2.42. The van der Waals surface area contributed by atoms with Gasteiger partial charge in [-0.3, -0.25) is 4.79 Å². The number of Topliss-reactive ketones (excluding diaryl/α,β-unsaturated/α-hetero) is 1. The summed E-state index contributed by atoms with van der Waals surface area (Å²) in [5, 5.41) is 0. The van der Waals surface area contributed by atoms with Gasteiger partial charge in [0.2, 0.25) is 0 Å². The Balaban J connectivity index is 2.62. The van der Waals surface area contributed by atoms with Crippen LogP contribution in [0.1, 0.15) is 29.8 Å². The summed E-state index contributed by atoms with van der Waals surface area (Å²) in [5.41, 5.74) is 2.85. The van der Waals surface area contributed by atoms with E-state index in [1.54, 1.807) is 12.1 Å². The fourth-order valence-electron chi connectivity index (χ4n) is 2.42. The van der Waals surface area contributed by atoms with Gasteiger partial charge in [0.25, 0.3) is 0 Å². The summed E-state index contributed by atoms with van der Waals surface area (Å²) in [6.45, 7) is 6.05. The molecule has 2 nitrogen and oxygen atoms in total. The molecule has 2 aromatic carbocycles. The number of ketones is 1. The average Bonchev–Trinajstić information content (AvgIpc) is 2.41. The van der Waals surface area contributed by atoms with Crippen molar-refractivity contribution in [2.75, 3.05) is 11.4 Å². The van der Waals surface area contributed by atoms with Gasteiger partial charge < -0.3 is 4.90 Å². The van der Waals surface area contributed by atoms with E-state index in [1.807, 2.05) is 43.0 Å². The van der Waals surface area contributed by atoms with Gasteiger partial charge in [0, 0.05) is 12.2 Å². The first-order valence-corrected chi connectivity index (χ1v) is 6.69. The van der Waals surface area contributed by atoms with Crippen LogP contribution in [0.3, 0.4) is 0 Å². The molecule has 0 heterocycles. The van der Waals surface area contributed by atoms with Gasteiger partial charge in [-0.05, 0) is 44.5 Å². The van der Waals surface area contributed by atoms with Crippen molar-refractivity contribution in [3.05, 3.63) is 59.4 Å². The SMILES string of the molecule is CCN(c1ccccc1C)c1cccc(F)c1C(C)=O. The molecule has 0 fully saturated rings. The summed E-state index contributed by atoms with van der Waals surface area (Å²) < 4.78 is 14.0. The lowest BCUT2D eigenvalue weighted by atomic mass is 10.1. The number of nitrogens with zero attached hydrogens (tertiary/aromatic N) is 1. The molecule has 0 saturated carbocycles. The molecule has 0 radical (unpaired) electrons. The van der Waals surface area contributed by atoms with Crippen LogP contribution >= 0.6 is 0 Å². The molecule has 0 unspecified atom stereocenters. The number of halogens is 1. The number of aryl methyl sites for hydroxylation is 1. The average molecular weight is 271 g/mol. The Kier molecular flexibility index (Phi) is 4.18. The van der Waals surface area contributed by atoms with Gasteiger partial charge in [-0.2, -0.15) is 0 Å². The maximum atomic E-state index is 14.0. The molecule has 0 aliphatic carbocycles. The van der Waals surface area contributed by atoms with E-state index in [-0.39, 0.29) is 11.3 Å². The van der Waals surface area contributed by atoms with E-state index in [0.717, 1.165) is 11.3 Å². The molecular formula is C17H18FNO. The topological polar surface area (TPSA) is 20.3 Å². The van der Waals surface area contributed by atoms with Gasteiger partial charge in [0.05, 0.1) is 11.3 Å². The molecular weight excluding hydrogens is 253 g/mol. The van der Waals surface area contributed by atoms with Crippen molar-refractivity contribution in [3.63, 3.8) is 0 Å². The lowest BCUT2D eigenvalue weighted by molar-refractivity contribution is 0.101. The molecule has 0 atom stereocenters. The zero-order valence-corrected chi connectivity index (χ0v) is 12.0. The van der Waals surface area contributed by atoms with Crippen LogP contribution in [0.25, 0.3) is 0 Å². The van der Waals surface area contributed by atoms with Gasteiger partial charge in [0.15, 0.2) is 5.78 Å². The molecule has 0 amide bonds. The van der Waals surface area contributed by atoms with Crippen molar-refractivity contribution in [2.24, 2.45) is 0 Å². The van der Waals surface area contributed by atoms with Gasteiger partial charge in [-0.25, -0.2) is 4.39 Å². The monoisotopic (exact) mass is 271 g/mol. The number of carbonyl (C=O) groups is 1. The Morgan fingerprint density at radius 2 is 1.75 bits per heavy atom. The first-order chi connectivity index (χ1) is 9.56. The minimum absolute atomic E-state index is 0.151. The molecule has 2 rings (SSSR count). The third-order valence-corrected chi connectivity index (χ3v) is 3.36. The molecule has 2 aromatic rings. The highest BCUT2D eigenvalue weighted by Gasteiger charge is 2.19. The van der Waals surface area contributed by atoms with E-state index >= 15 is 0 Å². The van der Waals surface area contributed by atoms with Crippen LogP contribution in [0, 0.1) is 12.7 Å². The maximum absolute atomic E-state index is 14.0. The van der Waals surface area contributed by atoms with Crippen LogP contribution < -0.4 is 4.90 Å². The van der Waals surface area contributed by atoms with Crippen molar-refractivity contribution in [1.82, 2.24) is 0 Å². The van der Waals surface area contributed by atoms with Crippen molar-refractivity contribution in [2.45, 2.75) is 20.8 Å². The standard InChI is InChI=1S/C17H18FNO/c1-4-19(15-10-6-5-8-12(15)2)16-11-7-9-14(18)17(16)13(3)20/h5-11H,4H2,1-3H3. The third-order valence-electron chi connectivity index (χ3n) is 3.36. The lowest BCUT2D eigenvalue weighted by Crippen LogP contribution is -2.20. The summed E-state index contributed by atoms with van der Waals surface area (Å²) in [4.78, 5) is 13.7. The van der Waals surface area contributed by atoms with Gasteiger partial charge in [0.1, 0.15) is 5.82 Å². The Labute approximate surface area is 118 Å². The van der Waals surface area contributed by atoms with Gasteiger partial charge in [-0.15, -0.1) is 0 Å². The quantitative estimate of drug-likeness (QED) is 0.763. The molecule has 0 bridgehead atoms. The molecule has 0 aliphatic heterocycles. The van der Waals surface area contributed by atoms with Gasteiger partial charge in [-0.1, -0.05) is 24.3 Å². The van der Waals surface area contributed by atoms with E-state index in [4.69, 9.17) is 0 Å². The second kappa shape index (κ2) is 5.87. The van der Waals surface area contributed by atoms with E-state index in [0.29, 0.717) is 12.2 Å². The van der Waals surface area contributed by atoms with Crippen molar-refractivity contribution < 1.29 is 9.18 Å². The highest BCUT2D eigenvalue weighted by Crippen LogP contribution is 2.32. The first kappa shape index (κ1) is 14.3. The third kappa shape index (κ3) is 2.57. The van der Waals surface area contributed by atoms with E-state index in [2.05, 4.69) is 0 Å². The minimum atomic E-state index is -0.470. The number of para-hydroxylation sites is 1. The molecule has 0 aliphatic rings. The molecule has 0 aromatic heterocycles. The Bertz CT molecular complexity index is 637. The van der Waals surface area contributed by atoms with Crippen LogP contribution in [0.15, 0.2) is 42.5 Å². The number of carbonyl (C=O) groups excluding carboxylic acids is 1. The summed E-state index contributed by atoms with van der Waals surface area (Å²) in [6, 6.07) is 12.6. The van der Waals surface area contributed by atoms with Crippen LogP contribution in [0.4, 0.5) is 15.8 Å². The second-order valence-corrected chi connectivity index (χ2v) is 4.72. The molecule has 3 heteroatoms. The minimum Gasteiger partial charge on any atom is -0.341 e. The maximum Gasteiger partial charge on any atom is 0.164 e. The number of rotatable bonds is 4. The van der Waals surface area contributed by atoms with Crippen LogP contribution in [-0.4, -0.2) is 12.3 Å². The lowest BCUT2D eigenvalue weighted by Gasteiger charge is -2.27. The predicted octanol–water partition coefficient (Wildman–Crippen LogP) is 4.49. The summed E-state index contributed by atoms with van der Waals surface area (Å²) in [6.07, 6.45) is 0. The first-order valence-electron chi connectivity index (χ1n) is 6.69.